The van der Waals surface area contributed by atoms with Crippen LogP contribution in [0.5, 0.6) is 17.2 Å². The number of hydrogen-bond donors (Lipinski definition) is 7. The number of carbonyl (C=O) groups is 5. The number of ether oxygens (including phenoxy) is 3. The number of benzene rings is 3. The molecule has 0 radical (unpaired) electrons. The number of rotatable bonds is 21. The molecule has 4 aromatic rings. The molecule has 0 aliphatic carbocycles. The summed E-state index contributed by atoms with van der Waals surface area (Å²) in [6.45, 7) is 7.95. The summed E-state index contributed by atoms with van der Waals surface area (Å²) in [4.78, 5) is 81.1. The fourth-order valence-corrected chi connectivity index (χ4v) is 7.95. The van der Waals surface area contributed by atoms with Gasteiger partial charge in [0.15, 0.2) is 5.82 Å². The Balaban J connectivity index is 1.51. The number of aryl methyl sites for hydroxylation is 2. The Morgan fingerprint density at radius 1 is 0.841 bits per heavy atom. The van der Waals surface area contributed by atoms with Crippen molar-refractivity contribution >= 4 is 29.5 Å². The smallest absolute Gasteiger partial charge is 0.255 e. The average molecular weight is 948 g/mol. The van der Waals surface area contributed by atoms with Gasteiger partial charge in [-0.2, -0.15) is 5.26 Å². The molecule has 2 heterocycles. The largest absolute Gasteiger partial charge is 0.494 e. The zero-order valence-corrected chi connectivity index (χ0v) is 40.1. The summed E-state index contributed by atoms with van der Waals surface area (Å²) < 4.78 is 18.1. The van der Waals surface area contributed by atoms with Crippen LogP contribution in [0.3, 0.4) is 0 Å². The summed E-state index contributed by atoms with van der Waals surface area (Å²) in [6.07, 6.45) is 4.39. The van der Waals surface area contributed by atoms with Crippen molar-refractivity contribution in [2.24, 2.45) is 17.2 Å². The number of likely N-dealkylation sites (N-methyl/N-ethyl adjacent to an activating group) is 1. The molecule has 0 saturated heterocycles. The first-order valence-corrected chi connectivity index (χ1v) is 23.3. The molecule has 1 aliphatic heterocycles. The molecule has 4 unspecified atom stereocenters. The van der Waals surface area contributed by atoms with Crippen LogP contribution in [-0.2, 0) is 25.6 Å². The van der Waals surface area contributed by atoms with E-state index in [4.69, 9.17) is 31.4 Å². The third kappa shape index (κ3) is 14.0. The highest BCUT2D eigenvalue weighted by Crippen LogP contribution is 2.40. The van der Waals surface area contributed by atoms with Crippen LogP contribution in [0, 0.1) is 25.2 Å². The highest BCUT2D eigenvalue weighted by molar-refractivity contribution is 6.00. The molecule has 19 heteroatoms. The number of nitriles is 1. The summed E-state index contributed by atoms with van der Waals surface area (Å²) in [5.74, 6) is -1.46. The summed E-state index contributed by atoms with van der Waals surface area (Å²) >= 11 is 0. The lowest BCUT2D eigenvalue weighted by Gasteiger charge is -2.32. The van der Waals surface area contributed by atoms with Crippen molar-refractivity contribution in [3.05, 3.63) is 88.7 Å². The summed E-state index contributed by atoms with van der Waals surface area (Å²) in [5, 5.41) is 19.9. The van der Waals surface area contributed by atoms with E-state index in [1.807, 2.05) is 30.3 Å². The van der Waals surface area contributed by atoms with Crippen LogP contribution in [0.25, 0.3) is 22.5 Å². The number of nitrogens with two attached hydrogens (primary N) is 3. The Kier molecular flexibility index (Phi) is 19.8. The fraction of sp³-hybridized carbons (Fsp3) is 0.440. The van der Waals surface area contributed by atoms with E-state index in [-0.39, 0.29) is 57.8 Å². The van der Waals surface area contributed by atoms with Gasteiger partial charge in [-0.25, -0.2) is 9.97 Å². The number of nitrogens with one attached hydrogen (secondary N) is 4. The highest BCUT2D eigenvalue weighted by atomic mass is 16.5. The number of carbonyl (C=O) groups excluding carboxylic acids is 5. The Morgan fingerprint density at radius 3 is 2.12 bits per heavy atom. The molecule has 0 fully saturated rings. The second-order valence-electron chi connectivity index (χ2n) is 16.7. The van der Waals surface area contributed by atoms with E-state index in [0.717, 1.165) is 30.6 Å². The standard InChI is InChI=1S/C50H65N11O8/c1-6-7-8-9-24-67-36-14-11-34(12-15-36)45-56-30(2)43(31(3)57-45)48(64)59-39(18-19-51)50(66)61(5)44-35-13-17-42(69-26-22-54)38(29-35)37-27-33(10-16-41(37)68-25-21-53)28-40(47(63)55-23-20-52)60-46(62)32(4)58-49(44)65/h10-17,27,29,32,39-40,44H,6-9,18-19,21-26,28,51,53-54H2,1-5H3,(H,55,63)(H,58,65)(H,59,64)(H,60,62). The van der Waals surface area contributed by atoms with E-state index >= 15 is 0 Å². The number of nitrogens with zero attached hydrogens (tertiary/aromatic N) is 4. The van der Waals surface area contributed by atoms with E-state index < -0.39 is 53.7 Å². The molecule has 19 nitrogen and oxygen atoms in total. The van der Waals surface area contributed by atoms with Crippen molar-refractivity contribution in [1.82, 2.24) is 36.1 Å². The van der Waals surface area contributed by atoms with Gasteiger partial charge in [0.2, 0.25) is 23.6 Å². The minimum atomic E-state index is -1.41. The van der Waals surface area contributed by atoms with Gasteiger partial charge in [-0.15, -0.1) is 0 Å². The maximum Gasteiger partial charge on any atom is 0.255 e. The van der Waals surface area contributed by atoms with Crippen molar-refractivity contribution in [3.8, 4) is 45.8 Å². The second kappa shape index (κ2) is 25.8. The van der Waals surface area contributed by atoms with Crippen LogP contribution >= 0.6 is 0 Å². The molecule has 3 aromatic carbocycles. The lowest BCUT2D eigenvalue weighted by molar-refractivity contribution is -0.141. The van der Waals surface area contributed by atoms with Crippen LogP contribution in [0.4, 0.5) is 0 Å². The molecule has 5 rings (SSSR count). The predicted molar refractivity (Wildman–Crippen MR) is 260 cm³/mol. The minimum absolute atomic E-state index is 0.00106. The topological polar surface area (TPSA) is 292 Å². The Labute approximate surface area is 403 Å². The third-order valence-electron chi connectivity index (χ3n) is 11.5. The zero-order valence-electron chi connectivity index (χ0n) is 40.1. The van der Waals surface area contributed by atoms with Gasteiger partial charge in [-0.3, -0.25) is 24.0 Å². The molecule has 0 saturated carbocycles. The van der Waals surface area contributed by atoms with Crippen molar-refractivity contribution in [3.63, 3.8) is 0 Å². The highest BCUT2D eigenvalue weighted by Gasteiger charge is 2.36. The number of unbranched alkanes of at least 4 members (excludes halogenated alkanes) is 3. The van der Waals surface area contributed by atoms with Gasteiger partial charge in [0, 0.05) is 43.2 Å². The van der Waals surface area contributed by atoms with Gasteiger partial charge in [0.1, 0.15) is 61.2 Å². The van der Waals surface area contributed by atoms with Crippen LogP contribution in [0.15, 0.2) is 60.7 Å². The van der Waals surface area contributed by atoms with Gasteiger partial charge < -0.3 is 57.6 Å². The first kappa shape index (κ1) is 52.8. The maximum absolute atomic E-state index is 14.8. The van der Waals surface area contributed by atoms with Crippen LogP contribution in [-0.4, -0.2) is 116 Å². The van der Waals surface area contributed by atoms with E-state index in [9.17, 15) is 29.2 Å². The molecule has 10 N–H and O–H groups in total. The molecule has 5 amide bonds. The molecule has 4 bridgehead atoms. The molecule has 368 valence electrons. The molecule has 4 atom stereocenters. The summed E-state index contributed by atoms with van der Waals surface area (Å²) in [7, 11) is 1.41. The van der Waals surface area contributed by atoms with Gasteiger partial charge >= 0.3 is 0 Å². The van der Waals surface area contributed by atoms with Gasteiger partial charge in [0.05, 0.1) is 29.6 Å². The number of aromatic nitrogens is 2. The average Bonchev–Trinajstić information content (AvgIpc) is 3.33. The third-order valence-corrected chi connectivity index (χ3v) is 11.5. The van der Waals surface area contributed by atoms with Crippen molar-refractivity contribution in [2.75, 3.05) is 53.0 Å². The Bertz CT molecular complexity index is 2450. The van der Waals surface area contributed by atoms with Crippen molar-refractivity contribution < 1.29 is 38.2 Å². The lowest BCUT2D eigenvalue weighted by Crippen LogP contribution is -2.56. The van der Waals surface area contributed by atoms with E-state index in [0.29, 0.717) is 57.6 Å². The zero-order chi connectivity index (χ0) is 50.0. The first-order chi connectivity index (χ1) is 33.2. The Morgan fingerprint density at radius 2 is 1.49 bits per heavy atom. The molecule has 69 heavy (non-hydrogen) atoms. The van der Waals surface area contributed by atoms with Crippen molar-refractivity contribution in [1.29, 1.82) is 5.26 Å². The predicted octanol–water partition coefficient (Wildman–Crippen LogP) is 2.89. The second-order valence-corrected chi connectivity index (χ2v) is 16.7. The van der Waals surface area contributed by atoms with Gasteiger partial charge in [-0.1, -0.05) is 38.3 Å². The van der Waals surface area contributed by atoms with E-state index in [1.165, 1.54) is 25.3 Å². The number of amides is 5. The van der Waals surface area contributed by atoms with E-state index in [1.54, 1.807) is 50.2 Å². The molecular formula is C50H65N11O8. The molecule has 0 spiro atoms. The monoisotopic (exact) mass is 948 g/mol. The Hall–Kier alpha value is -7.14. The minimum Gasteiger partial charge on any atom is -0.494 e. The van der Waals surface area contributed by atoms with E-state index in [2.05, 4.69) is 38.2 Å². The SMILES string of the molecule is CCCCCCOc1ccc(-c2nc(C)c(C(=O)NC(CCN)C(=O)N(C)C3C(=O)NC(C)C(=O)NC(C(=O)NCC#N)Cc4ccc(OCCN)c(c4)-c4cc3ccc4OCCN)c(C)n2)cc1. The first-order valence-electron chi connectivity index (χ1n) is 23.3. The van der Waals surface area contributed by atoms with Crippen LogP contribution in [0.1, 0.15) is 84.9 Å². The molecular weight excluding hydrogens is 883 g/mol. The fourth-order valence-electron chi connectivity index (χ4n) is 7.95. The quantitative estimate of drug-likeness (QED) is 0.0467. The number of fused-ring (bicyclic) bond motifs is 5. The summed E-state index contributed by atoms with van der Waals surface area (Å²) in [6, 6.07) is 14.4. The normalized spacial score (nSPS) is 16.1. The van der Waals surface area contributed by atoms with Crippen LogP contribution in [0.2, 0.25) is 0 Å². The van der Waals surface area contributed by atoms with Gasteiger partial charge in [0.25, 0.3) is 5.91 Å². The van der Waals surface area contributed by atoms with Crippen LogP contribution < -0.4 is 52.7 Å². The lowest BCUT2D eigenvalue weighted by atomic mass is 9.93. The summed E-state index contributed by atoms with van der Waals surface area (Å²) in [5.41, 5.74) is 21.2. The molecule has 1 aromatic heterocycles. The van der Waals surface area contributed by atoms with Crippen molar-refractivity contribution in [2.45, 2.75) is 90.4 Å². The molecule has 1 aliphatic rings. The van der Waals surface area contributed by atoms with Gasteiger partial charge in [-0.05, 0) is 99.8 Å². The maximum atomic E-state index is 14.8. The number of hydrogen-bond acceptors (Lipinski definition) is 14.